The maximum absolute atomic E-state index is 13.0. The molecule has 1 amide bonds. The molecule has 2 heterocycles. The Morgan fingerprint density at radius 1 is 1.30 bits per heavy atom. The lowest BCUT2D eigenvalue weighted by Gasteiger charge is -2.34. The summed E-state index contributed by atoms with van der Waals surface area (Å²) in [6.45, 7) is 3.72. The number of para-hydroxylation sites is 1. The number of methoxy groups -OCH3 is 2. The number of hydrazone groups is 1. The average molecular weight is 443 g/mol. The number of hydrogen-bond acceptors (Lipinski definition) is 7. The summed E-state index contributed by atoms with van der Waals surface area (Å²) in [6.07, 6.45) is 1.15. The highest BCUT2D eigenvalue weighted by Gasteiger charge is 2.35. The summed E-state index contributed by atoms with van der Waals surface area (Å²) >= 11 is 7.82. The molecule has 4 rings (SSSR count). The number of benzene rings is 2. The van der Waals surface area contributed by atoms with Gasteiger partial charge in [0.2, 0.25) is 0 Å². The van der Waals surface area contributed by atoms with Crippen molar-refractivity contribution in [3.8, 4) is 11.5 Å². The third kappa shape index (κ3) is 3.53. The summed E-state index contributed by atoms with van der Waals surface area (Å²) in [6, 6.07) is 11.0. The second-order valence-corrected chi connectivity index (χ2v) is 7.83. The van der Waals surface area contributed by atoms with Crippen LogP contribution in [-0.2, 0) is 4.79 Å². The van der Waals surface area contributed by atoms with Gasteiger partial charge in [0.05, 0.1) is 24.6 Å². The van der Waals surface area contributed by atoms with Crippen LogP contribution in [0.2, 0.25) is 5.02 Å². The Hall–Kier alpha value is -2.97. The number of hydrogen-bond donors (Lipinski definition) is 1. The molecule has 0 saturated heterocycles. The number of amides is 1. The number of fused-ring (bicyclic) bond motifs is 2. The first kappa shape index (κ1) is 20.3. The summed E-state index contributed by atoms with van der Waals surface area (Å²) in [5.41, 5.74) is 1.15. The molecule has 0 spiro atoms. The van der Waals surface area contributed by atoms with Gasteiger partial charge in [-0.15, -0.1) is 11.7 Å². The van der Waals surface area contributed by atoms with Crippen LogP contribution < -0.4 is 25.4 Å². The number of thioether (sulfide) groups is 1. The van der Waals surface area contributed by atoms with E-state index in [2.05, 4.69) is 17.0 Å². The van der Waals surface area contributed by atoms with Gasteiger partial charge in [-0.3, -0.25) is 15.1 Å². The lowest BCUT2D eigenvalue weighted by atomic mass is 10.1. The van der Waals surface area contributed by atoms with Crippen LogP contribution in [0.3, 0.4) is 0 Å². The molecular formula is C21H19ClN4O3S. The fourth-order valence-electron chi connectivity index (χ4n) is 3.33. The maximum Gasteiger partial charge on any atom is 0.276 e. The van der Waals surface area contributed by atoms with Crippen molar-refractivity contribution in [2.75, 3.05) is 20.0 Å². The van der Waals surface area contributed by atoms with E-state index in [4.69, 9.17) is 26.1 Å². The first-order valence-corrected chi connectivity index (χ1v) is 10.4. The Bertz CT molecular complexity index is 1180. The van der Waals surface area contributed by atoms with E-state index in [-0.39, 0.29) is 5.91 Å². The zero-order valence-corrected chi connectivity index (χ0v) is 18.0. The summed E-state index contributed by atoms with van der Waals surface area (Å²) in [5.74, 6) is 1.28. The van der Waals surface area contributed by atoms with Crippen molar-refractivity contribution in [1.29, 1.82) is 0 Å². The van der Waals surface area contributed by atoms with Gasteiger partial charge in [-0.25, -0.2) is 5.01 Å². The minimum absolute atomic E-state index is 0.240. The van der Waals surface area contributed by atoms with Crippen molar-refractivity contribution >= 4 is 40.1 Å². The summed E-state index contributed by atoms with van der Waals surface area (Å²) in [5, 5.41) is 11.4. The molecular weight excluding hydrogens is 424 g/mol. The van der Waals surface area contributed by atoms with Gasteiger partial charge < -0.3 is 9.47 Å². The quantitative estimate of drug-likeness (QED) is 0.720. The van der Waals surface area contributed by atoms with Crippen LogP contribution in [0.25, 0.3) is 5.70 Å². The fraction of sp³-hybridized carbons (Fsp3) is 0.190. The zero-order chi connectivity index (χ0) is 21.3. The van der Waals surface area contributed by atoms with Gasteiger partial charge in [0, 0.05) is 16.5 Å². The number of ether oxygens (including phenoxy) is 2. The third-order valence-electron chi connectivity index (χ3n) is 4.61. The van der Waals surface area contributed by atoms with Gasteiger partial charge in [0.1, 0.15) is 5.70 Å². The molecule has 9 heteroatoms. The van der Waals surface area contributed by atoms with Gasteiger partial charge in [-0.1, -0.05) is 47.6 Å². The van der Waals surface area contributed by atoms with E-state index >= 15 is 0 Å². The second-order valence-electron chi connectivity index (χ2n) is 6.41. The van der Waals surface area contributed by atoms with E-state index in [9.17, 15) is 4.79 Å². The van der Waals surface area contributed by atoms with Gasteiger partial charge >= 0.3 is 0 Å². The molecule has 1 N–H and O–H groups in total. The average Bonchev–Trinajstić information content (AvgIpc) is 2.76. The molecule has 0 bridgehead atoms. The molecule has 2 aliphatic heterocycles. The molecule has 2 aliphatic rings. The molecule has 1 atom stereocenters. The van der Waals surface area contributed by atoms with Crippen LogP contribution in [0.15, 0.2) is 59.1 Å². The van der Waals surface area contributed by atoms with Crippen LogP contribution >= 0.6 is 23.4 Å². The Kier molecular flexibility index (Phi) is 5.69. The molecule has 0 saturated carbocycles. The molecule has 7 nitrogen and oxygen atoms in total. The summed E-state index contributed by atoms with van der Waals surface area (Å²) < 4.78 is 10.8. The predicted molar refractivity (Wildman–Crippen MR) is 118 cm³/mol. The van der Waals surface area contributed by atoms with Crippen molar-refractivity contribution < 1.29 is 14.3 Å². The Balaban J connectivity index is 1.92. The highest BCUT2D eigenvalue weighted by atomic mass is 35.5. The van der Waals surface area contributed by atoms with Crippen LogP contribution in [0.5, 0.6) is 11.5 Å². The third-order valence-corrected chi connectivity index (χ3v) is 5.75. The number of nitrogens with zero attached hydrogens (tertiary/aromatic N) is 3. The molecule has 30 heavy (non-hydrogen) atoms. The summed E-state index contributed by atoms with van der Waals surface area (Å²) in [7, 11) is 3.07. The first-order chi connectivity index (χ1) is 14.6. The SMILES string of the molecule is C=CCSC1=NN2C(=c3ccccc3=NC2c2cc(Cl)c(OC)c(OC)c2)C(=O)N1. The van der Waals surface area contributed by atoms with E-state index in [1.54, 1.807) is 30.3 Å². The van der Waals surface area contributed by atoms with E-state index < -0.39 is 6.17 Å². The van der Waals surface area contributed by atoms with Crippen molar-refractivity contribution in [1.82, 2.24) is 10.3 Å². The highest BCUT2D eigenvalue weighted by molar-refractivity contribution is 8.14. The molecule has 0 radical (unpaired) electrons. The van der Waals surface area contributed by atoms with Gasteiger partial charge in [0.25, 0.3) is 5.91 Å². The molecule has 0 aliphatic carbocycles. The first-order valence-electron chi connectivity index (χ1n) is 9.09. The van der Waals surface area contributed by atoms with Crippen LogP contribution in [-0.4, -0.2) is 36.1 Å². The van der Waals surface area contributed by atoms with E-state index in [1.807, 2.05) is 24.3 Å². The molecule has 154 valence electrons. The second kappa shape index (κ2) is 8.41. The van der Waals surface area contributed by atoms with Crippen molar-refractivity contribution in [3.05, 3.63) is 70.2 Å². The van der Waals surface area contributed by atoms with E-state index in [0.717, 1.165) is 5.56 Å². The molecule has 0 aromatic heterocycles. The van der Waals surface area contributed by atoms with E-state index in [1.165, 1.54) is 18.9 Å². The number of rotatable bonds is 5. The van der Waals surface area contributed by atoms with Gasteiger partial charge in [0.15, 0.2) is 22.8 Å². The molecule has 2 aromatic rings. The smallest absolute Gasteiger partial charge is 0.276 e. The molecule has 1 unspecified atom stereocenters. The number of carbonyl (C=O) groups excluding carboxylic acids is 1. The zero-order valence-electron chi connectivity index (χ0n) is 16.4. The lowest BCUT2D eigenvalue weighted by molar-refractivity contribution is -0.116. The fourth-order valence-corrected chi connectivity index (χ4v) is 4.22. The van der Waals surface area contributed by atoms with Crippen LogP contribution in [0.1, 0.15) is 11.7 Å². The van der Waals surface area contributed by atoms with Gasteiger partial charge in [-0.2, -0.15) is 0 Å². The van der Waals surface area contributed by atoms with Crippen molar-refractivity contribution in [3.63, 3.8) is 0 Å². The lowest BCUT2D eigenvalue weighted by Crippen LogP contribution is -2.50. The Morgan fingerprint density at radius 2 is 2.10 bits per heavy atom. The largest absolute Gasteiger partial charge is 0.493 e. The predicted octanol–water partition coefficient (Wildman–Crippen LogP) is 2.42. The van der Waals surface area contributed by atoms with Crippen LogP contribution in [0.4, 0.5) is 0 Å². The number of halogens is 1. The normalized spacial score (nSPS) is 17.2. The van der Waals surface area contributed by atoms with Crippen molar-refractivity contribution in [2.24, 2.45) is 10.1 Å². The molecule has 0 fully saturated rings. The Morgan fingerprint density at radius 3 is 2.83 bits per heavy atom. The topological polar surface area (TPSA) is 75.5 Å². The summed E-state index contributed by atoms with van der Waals surface area (Å²) in [4.78, 5) is 17.9. The molecule has 2 aromatic carbocycles. The standard InChI is InChI=1S/C21H19ClN4O3S/c1-4-9-30-21-24-20(27)17-13-7-5-6-8-15(13)23-19(26(17)25-21)12-10-14(22)18(29-3)16(11-12)28-2/h4-8,10-11,19H,1,9H2,2-3H3,(H,24,25,27). The van der Waals surface area contributed by atoms with Crippen LogP contribution in [0, 0.1) is 0 Å². The highest BCUT2D eigenvalue weighted by Crippen LogP contribution is 2.40. The maximum atomic E-state index is 13.0. The Labute approximate surface area is 182 Å². The number of carbonyl (C=O) groups is 1. The minimum atomic E-state index is -0.599. The van der Waals surface area contributed by atoms with E-state index in [0.29, 0.717) is 43.7 Å². The number of nitrogens with one attached hydrogen (secondary N) is 1. The van der Waals surface area contributed by atoms with Crippen molar-refractivity contribution in [2.45, 2.75) is 6.17 Å². The monoisotopic (exact) mass is 442 g/mol. The van der Waals surface area contributed by atoms with Gasteiger partial charge in [-0.05, 0) is 18.2 Å². The minimum Gasteiger partial charge on any atom is -0.493 e. The number of amidine groups is 1.